The number of likely N-dealkylation sites (tertiary alicyclic amines) is 1. The van der Waals surface area contributed by atoms with Gasteiger partial charge in [-0.25, -0.2) is 0 Å². The minimum absolute atomic E-state index is 0.177. The van der Waals surface area contributed by atoms with Crippen LogP contribution in [0, 0.1) is 0 Å². The lowest BCUT2D eigenvalue weighted by atomic mass is 9.96. The number of nitrogens with zero attached hydrogens (tertiary/aromatic N) is 1. The molecular weight excluding hydrogens is 200 g/mol. The van der Waals surface area contributed by atoms with Gasteiger partial charge in [0.1, 0.15) is 0 Å². The summed E-state index contributed by atoms with van der Waals surface area (Å²) in [4.78, 5) is 2.37. The Morgan fingerprint density at radius 1 is 1.31 bits per heavy atom. The van der Waals surface area contributed by atoms with E-state index in [4.69, 9.17) is 10.8 Å². The molecule has 0 radical (unpaired) electrons. The van der Waals surface area contributed by atoms with Crippen LogP contribution in [0.2, 0.25) is 0 Å². The molecule has 1 aliphatic rings. The van der Waals surface area contributed by atoms with E-state index in [1.807, 2.05) is 6.07 Å². The van der Waals surface area contributed by atoms with E-state index in [-0.39, 0.29) is 12.1 Å². The normalized spacial score (nSPS) is 26.1. The summed E-state index contributed by atoms with van der Waals surface area (Å²) in [6.07, 6.45) is 1.69. The molecule has 0 saturated carbocycles. The van der Waals surface area contributed by atoms with Crippen molar-refractivity contribution in [1.29, 1.82) is 0 Å². The number of benzene rings is 1. The van der Waals surface area contributed by atoms with E-state index in [1.54, 1.807) is 0 Å². The van der Waals surface area contributed by atoms with Gasteiger partial charge < -0.3 is 10.8 Å². The molecule has 0 aliphatic carbocycles. The van der Waals surface area contributed by atoms with E-state index in [0.717, 1.165) is 26.1 Å². The molecule has 1 aromatic carbocycles. The third kappa shape index (κ3) is 2.82. The molecule has 1 saturated heterocycles. The fraction of sp³-hybridized carbons (Fsp3) is 0.538. The summed E-state index contributed by atoms with van der Waals surface area (Å²) in [6, 6.07) is 10.4. The SMILES string of the molecule is NC1(CCO)CCN(Cc2ccccc2)C1. The highest BCUT2D eigenvalue weighted by Crippen LogP contribution is 2.23. The highest BCUT2D eigenvalue weighted by Gasteiger charge is 2.33. The number of nitrogens with two attached hydrogens (primary N) is 1. The molecule has 0 aromatic heterocycles. The van der Waals surface area contributed by atoms with Crippen molar-refractivity contribution < 1.29 is 5.11 Å². The van der Waals surface area contributed by atoms with Crippen LogP contribution in [0.5, 0.6) is 0 Å². The highest BCUT2D eigenvalue weighted by atomic mass is 16.3. The Morgan fingerprint density at radius 3 is 2.75 bits per heavy atom. The van der Waals surface area contributed by atoms with Gasteiger partial charge in [0.2, 0.25) is 0 Å². The number of rotatable bonds is 4. The quantitative estimate of drug-likeness (QED) is 0.795. The van der Waals surface area contributed by atoms with E-state index in [9.17, 15) is 0 Å². The molecule has 2 rings (SSSR count). The Labute approximate surface area is 96.9 Å². The first kappa shape index (κ1) is 11.6. The van der Waals surface area contributed by atoms with Crippen molar-refractivity contribution in [3.8, 4) is 0 Å². The predicted molar refractivity (Wildman–Crippen MR) is 65.0 cm³/mol. The van der Waals surface area contributed by atoms with Gasteiger partial charge in [-0.3, -0.25) is 4.90 Å². The molecule has 1 atom stereocenters. The van der Waals surface area contributed by atoms with Crippen molar-refractivity contribution in [3.63, 3.8) is 0 Å². The molecule has 0 bridgehead atoms. The summed E-state index contributed by atoms with van der Waals surface area (Å²) < 4.78 is 0. The maximum atomic E-state index is 8.97. The molecular formula is C13H20N2O. The monoisotopic (exact) mass is 220 g/mol. The summed E-state index contributed by atoms with van der Waals surface area (Å²) in [7, 11) is 0. The maximum absolute atomic E-state index is 8.97. The maximum Gasteiger partial charge on any atom is 0.0449 e. The van der Waals surface area contributed by atoms with Crippen molar-refractivity contribution in [1.82, 2.24) is 4.90 Å². The van der Waals surface area contributed by atoms with Crippen LogP contribution in [-0.2, 0) is 6.54 Å². The average molecular weight is 220 g/mol. The zero-order chi connectivity index (χ0) is 11.4. The van der Waals surface area contributed by atoms with Gasteiger partial charge in [0.15, 0.2) is 0 Å². The van der Waals surface area contributed by atoms with E-state index >= 15 is 0 Å². The molecule has 3 nitrogen and oxygen atoms in total. The third-order valence-electron chi connectivity index (χ3n) is 3.32. The first-order valence-electron chi connectivity index (χ1n) is 5.88. The van der Waals surface area contributed by atoms with Crippen molar-refractivity contribution in [3.05, 3.63) is 35.9 Å². The van der Waals surface area contributed by atoms with Crippen molar-refractivity contribution in [2.75, 3.05) is 19.7 Å². The minimum atomic E-state index is -0.177. The molecule has 88 valence electrons. The molecule has 0 spiro atoms. The fourth-order valence-corrected chi connectivity index (χ4v) is 2.39. The molecule has 3 heteroatoms. The fourth-order valence-electron chi connectivity index (χ4n) is 2.39. The van der Waals surface area contributed by atoms with Gasteiger partial charge >= 0.3 is 0 Å². The lowest BCUT2D eigenvalue weighted by Gasteiger charge is -2.23. The summed E-state index contributed by atoms with van der Waals surface area (Å²) in [5.74, 6) is 0. The zero-order valence-electron chi connectivity index (χ0n) is 9.60. The molecule has 1 fully saturated rings. The molecule has 1 aliphatic heterocycles. The largest absolute Gasteiger partial charge is 0.396 e. The van der Waals surface area contributed by atoms with Crippen molar-refractivity contribution >= 4 is 0 Å². The third-order valence-corrected chi connectivity index (χ3v) is 3.32. The Balaban J connectivity index is 1.90. The second-order valence-corrected chi connectivity index (χ2v) is 4.78. The second-order valence-electron chi connectivity index (χ2n) is 4.78. The van der Waals surface area contributed by atoms with E-state index in [1.165, 1.54) is 5.56 Å². The van der Waals surface area contributed by atoms with E-state index < -0.39 is 0 Å². The first-order valence-corrected chi connectivity index (χ1v) is 5.88. The van der Waals surface area contributed by atoms with Crippen LogP contribution in [-0.4, -0.2) is 35.2 Å². The summed E-state index contributed by atoms with van der Waals surface area (Å²) >= 11 is 0. The van der Waals surface area contributed by atoms with Crippen LogP contribution in [0.3, 0.4) is 0 Å². The number of hydrogen-bond acceptors (Lipinski definition) is 3. The highest BCUT2D eigenvalue weighted by molar-refractivity contribution is 5.15. The predicted octanol–water partition coefficient (Wildman–Crippen LogP) is 0.972. The number of aliphatic hydroxyl groups excluding tert-OH is 1. The summed E-state index contributed by atoms with van der Waals surface area (Å²) in [5, 5.41) is 8.97. The summed E-state index contributed by atoms with van der Waals surface area (Å²) in [6.45, 7) is 3.08. The molecule has 0 amide bonds. The van der Waals surface area contributed by atoms with Gasteiger partial charge in [0, 0.05) is 31.8 Å². The van der Waals surface area contributed by atoms with Gasteiger partial charge in [-0.1, -0.05) is 30.3 Å². The van der Waals surface area contributed by atoms with E-state index in [0.29, 0.717) is 6.42 Å². The van der Waals surface area contributed by atoms with Crippen LogP contribution in [0.15, 0.2) is 30.3 Å². The molecule has 1 aromatic rings. The molecule has 3 N–H and O–H groups in total. The van der Waals surface area contributed by atoms with E-state index in [2.05, 4.69) is 29.2 Å². The Morgan fingerprint density at radius 2 is 2.06 bits per heavy atom. The van der Waals surface area contributed by atoms with Crippen LogP contribution >= 0.6 is 0 Å². The van der Waals surface area contributed by atoms with Gasteiger partial charge in [-0.2, -0.15) is 0 Å². The first-order chi connectivity index (χ1) is 7.72. The van der Waals surface area contributed by atoms with Crippen molar-refractivity contribution in [2.24, 2.45) is 5.73 Å². The smallest absolute Gasteiger partial charge is 0.0449 e. The van der Waals surface area contributed by atoms with Crippen LogP contribution in [0.25, 0.3) is 0 Å². The minimum Gasteiger partial charge on any atom is -0.396 e. The number of aliphatic hydroxyl groups is 1. The van der Waals surface area contributed by atoms with Gasteiger partial charge in [0.05, 0.1) is 0 Å². The van der Waals surface area contributed by atoms with Crippen LogP contribution < -0.4 is 5.73 Å². The molecule has 1 unspecified atom stereocenters. The van der Waals surface area contributed by atoms with Gasteiger partial charge in [-0.15, -0.1) is 0 Å². The second kappa shape index (κ2) is 4.95. The average Bonchev–Trinajstić information content (AvgIpc) is 2.62. The number of hydrogen-bond donors (Lipinski definition) is 2. The lowest BCUT2D eigenvalue weighted by Crippen LogP contribution is -2.43. The summed E-state index contributed by atoms with van der Waals surface area (Å²) in [5.41, 5.74) is 7.36. The van der Waals surface area contributed by atoms with Crippen LogP contribution in [0.1, 0.15) is 18.4 Å². The van der Waals surface area contributed by atoms with Gasteiger partial charge in [0.25, 0.3) is 0 Å². The standard InChI is InChI=1S/C13H20N2O/c14-13(7-9-16)6-8-15(11-13)10-12-4-2-1-3-5-12/h1-5,16H,6-11,14H2. The zero-order valence-corrected chi connectivity index (χ0v) is 9.60. The Hall–Kier alpha value is -0.900. The Kier molecular flexibility index (Phi) is 3.59. The van der Waals surface area contributed by atoms with Gasteiger partial charge in [-0.05, 0) is 18.4 Å². The topological polar surface area (TPSA) is 49.5 Å². The molecule has 1 heterocycles. The lowest BCUT2D eigenvalue weighted by molar-refractivity contribution is 0.230. The Bertz CT molecular complexity index is 328. The van der Waals surface area contributed by atoms with Crippen LogP contribution in [0.4, 0.5) is 0 Å². The van der Waals surface area contributed by atoms with Crippen molar-refractivity contribution in [2.45, 2.75) is 24.9 Å². The molecule has 16 heavy (non-hydrogen) atoms.